The summed E-state index contributed by atoms with van der Waals surface area (Å²) in [5.74, 6) is 0. The average Bonchev–Trinajstić information content (AvgIpc) is 2.77. The Kier molecular flexibility index (Phi) is 4.75. The molecule has 0 radical (unpaired) electrons. The van der Waals surface area contributed by atoms with E-state index in [0.29, 0.717) is 11.3 Å². The van der Waals surface area contributed by atoms with Crippen molar-refractivity contribution in [2.24, 2.45) is 14.1 Å². The Morgan fingerprint density at radius 2 is 1.75 bits per heavy atom. The normalized spacial score (nSPS) is 10.9. The van der Waals surface area contributed by atoms with Crippen LogP contribution in [0.5, 0.6) is 0 Å². The summed E-state index contributed by atoms with van der Waals surface area (Å²) < 4.78 is 40.0. The first kappa shape index (κ1) is 16.0. The maximum atomic E-state index is 12.5. The van der Waals surface area contributed by atoms with Crippen LogP contribution in [0.1, 0.15) is 19.5 Å². The highest BCUT2D eigenvalue weighted by Crippen LogP contribution is 2.30. The van der Waals surface area contributed by atoms with Crippen LogP contribution in [0, 0.1) is 0 Å². The van der Waals surface area contributed by atoms with Gasteiger partial charge in [-0.05, 0) is 12.1 Å². The molecule has 0 bridgehead atoms. The predicted molar refractivity (Wildman–Crippen MR) is 70.2 cm³/mol. The van der Waals surface area contributed by atoms with Crippen LogP contribution < -0.4 is 5.56 Å². The van der Waals surface area contributed by atoms with Crippen LogP contribution in [-0.2, 0) is 20.3 Å². The van der Waals surface area contributed by atoms with Crippen LogP contribution in [0.25, 0.3) is 11.3 Å². The van der Waals surface area contributed by atoms with Crippen molar-refractivity contribution < 1.29 is 13.2 Å². The Morgan fingerprint density at radius 1 is 1.15 bits per heavy atom. The molecule has 0 N–H and O–H groups in total. The molecular formula is C13H16F3N3O. The fourth-order valence-corrected chi connectivity index (χ4v) is 1.62. The van der Waals surface area contributed by atoms with Crippen LogP contribution in [-0.4, -0.2) is 14.3 Å². The topological polar surface area (TPSA) is 39.8 Å². The molecule has 0 aromatic carbocycles. The zero-order valence-corrected chi connectivity index (χ0v) is 11.7. The second-order valence-electron chi connectivity index (χ2n) is 3.90. The molecule has 0 atom stereocenters. The third-order valence-electron chi connectivity index (χ3n) is 2.55. The monoisotopic (exact) mass is 287 g/mol. The van der Waals surface area contributed by atoms with Crippen molar-refractivity contribution in [2.75, 3.05) is 0 Å². The van der Waals surface area contributed by atoms with Gasteiger partial charge in [0.2, 0.25) is 5.56 Å². The van der Waals surface area contributed by atoms with Crippen LogP contribution in [0.2, 0.25) is 0 Å². The van der Waals surface area contributed by atoms with Gasteiger partial charge in [0.1, 0.15) is 0 Å². The third kappa shape index (κ3) is 3.28. The summed E-state index contributed by atoms with van der Waals surface area (Å²) >= 11 is 0. The summed E-state index contributed by atoms with van der Waals surface area (Å²) in [6.07, 6.45) is -3.00. The highest BCUT2D eigenvalue weighted by molar-refractivity contribution is 5.58. The van der Waals surface area contributed by atoms with Gasteiger partial charge in [0.05, 0.1) is 5.69 Å². The van der Waals surface area contributed by atoms with E-state index in [1.807, 2.05) is 13.8 Å². The average molecular weight is 287 g/mol. The lowest BCUT2D eigenvalue weighted by atomic mass is 10.2. The minimum Gasteiger partial charge on any atom is -0.318 e. The molecule has 0 amide bonds. The summed E-state index contributed by atoms with van der Waals surface area (Å²) in [4.78, 5) is 11.2. The van der Waals surface area contributed by atoms with Crippen molar-refractivity contribution in [3.63, 3.8) is 0 Å². The summed E-state index contributed by atoms with van der Waals surface area (Å²) in [5.41, 5.74) is -0.369. The summed E-state index contributed by atoms with van der Waals surface area (Å²) in [6.45, 7) is 4.00. The van der Waals surface area contributed by atoms with Crippen LogP contribution >= 0.6 is 0 Å². The molecule has 0 saturated heterocycles. The summed E-state index contributed by atoms with van der Waals surface area (Å²) in [5, 5.41) is 3.41. The fraction of sp³-hybridized carbons (Fsp3) is 0.385. The molecule has 110 valence electrons. The van der Waals surface area contributed by atoms with Gasteiger partial charge in [-0.25, -0.2) is 0 Å². The largest absolute Gasteiger partial charge is 0.435 e. The smallest absolute Gasteiger partial charge is 0.318 e. The van der Waals surface area contributed by atoms with E-state index in [4.69, 9.17) is 0 Å². The maximum absolute atomic E-state index is 12.5. The number of alkyl halides is 3. The number of hydrogen-bond donors (Lipinski definition) is 0. The van der Waals surface area contributed by atoms with Gasteiger partial charge < -0.3 is 4.57 Å². The van der Waals surface area contributed by atoms with Crippen molar-refractivity contribution in [2.45, 2.75) is 20.0 Å². The van der Waals surface area contributed by atoms with Gasteiger partial charge in [0.25, 0.3) is 0 Å². The first-order chi connectivity index (χ1) is 9.29. The number of pyridine rings is 1. The lowest BCUT2D eigenvalue weighted by Gasteiger charge is -2.03. The lowest BCUT2D eigenvalue weighted by molar-refractivity contribution is -0.141. The van der Waals surface area contributed by atoms with Gasteiger partial charge in [-0.2, -0.15) is 18.3 Å². The van der Waals surface area contributed by atoms with E-state index in [0.717, 1.165) is 10.7 Å². The molecule has 0 aliphatic carbocycles. The molecule has 2 heterocycles. The van der Waals surface area contributed by atoms with E-state index < -0.39 is 11.9 Å². The number of hydrogen-bond acceptors (Lipinski definition) is 2. The Bertz CT molecular complexity index is 641. The van der Waals surface area contributed by atoms with E-state index in [9.17, 15) is 18.0 Å². The molecule has 0 spiro atoms. The van der Waals surface area contributed by atoms with Crippen molar-refractivity contribution in [1.82, 2.24) is 14.3 Å². The summed E-state index contributed by atoms with van der Waals surface area (Å²) in [7, 11) is 2.96. The van der Waals surface area contributed by atoms with Crippen molar-refractivity contribution >= 4 is 0 Å². The summed E-state index contributed by atoms with van der Waals surface area (Å²) in [6, 6.07) is 3.73. The quantitative estimate of drug-likeness (QED) is 0.809. The standard InChI is InChI=1S/C11H10F3N3O.C2H6/c1-16-6-7(3-4-10(16)18)8-5-9(11(12,13)14)15-17(8)2;1-2/h3-6H,1-2H3;1-2H3. The van der Waals surface area contributed by atoms with Crippen molar-refractivity contribution in [1.29, 1.82) is 0 Å². The molecule has 2 rings (SSSR count). The number of nitrogens with zero attached hydrogens (tertiary/aromatic N) is 3. The zero-order chi connectivity index (χ0) is 15.5. The van der Waals surface area contributed by atoms with E-state index in [1.165, 1.54) is 37.0 Å². The number of aryl methyl sites for hydroxylation is 2. The molecule has 0 unspecified atom stereocenters. The van der Waals surface area contributed by atoms with Gasteiger partial charge in [-0.3, -0.25) is 9.48 Å². The molecule has 0 fully saturated rings. The van der Waals surface area contributed by atoms with Crippen molar-refractivity contribution in [3.8, 4) is 11.3 Å². The Balaban J connectivity index is 0.000000956. The Hall–Kier alpha value is -2.05. The van der Waals surface area contributed by atoms with E-state index >= 15 is 0 Å². The zero-order valence-electron chi connectivity index (χ0n) is 11.7. The highest BCUT2D eigenvalue weighted by Gasteiger charge is 2.34. The second-order valence-corrected chi connectivity index (χ2v) is 3.90. The predicted octanol–water partition coefficient (Wildman–Crippen LogP) is 2.83. The molecule has 7 heteroatoms. The lowest BCUT2D eigenvalue weighted by Crippen LogP contribution is -2.14. The number of rotatable bonds is 1. The Labute approximate surface area is 114 Å². The highest BCUT2D eigenvalue weighted by atomic mass is 19.4. The van der Waals surface area contributed by atoms with E-state index in [-0.39, 0.29) is 5.56 Å². The number of halogens is 3. The van der Waals surface area contributed by atoms with Crippen molar-refractivity contribution in [3.05, 3.63) is 40.4 Å². The van der Waals surface area contributed by atoms with Crippen LogP contribution in [0.3, 0.4) is 0 Å². The molecule has 0 aliphatic heterocycles. The minimum absolute atomic E-state index is 0.225. The maximum Gasteiger partial charge on any atom is 0.435 e. The molecule has 0 saturated carbocycles. The SMILES string of the molecule is CC.Cn1nc(C(F)(F)F)cc1-c1ccc(=O)n(C)c1. The van der Waals surface area contributed by atoms with Gasteiger partial charge in [0.15, 0.2) is 5.69 Å². The minimum atomic E-state index is -4.48. The van der Waals surface area contributed by atoms with Crippen LogP contribution in [0.4, 0.5) is 13.2 Å². The first-order valence-corrected chi connectivity index (χ1v) is 6.07. The van der Waals surface area contributed by atoms with E-state index in [1.54, 1.807) is 0 Å². The molecule has 4 nitrogen and oxygen atoms in total. The van der Waals surface area contributed by atoms with E-state index in [2.05, 4.69) is 5.10 Å². The molecule has 20 heavy (non-hydrogen) atoms. The molecule has 2 aromatic heterocycles. The third-order valence-corrected chi connectivity index (χ3v) is 2.55. The van der Waals surface area contributed by atoms with Gasteiger partial charge in [-0.1, -0.05) is 13.8 Å². The molecular weight excluding hydrogens is 271 g/mol. The van der Waals surface area contributed by atoms with Gasteiger partial charge in [0, 0.05) is 31.9 Å². The Morgan fingerprint density at radius 3 is 2.20 bits per heavy atom. The van der Waals surface area contributed by atoms with Crippen LogP contribution in [0.15, 0.2) is 29.2 Å². The fourth-order valence-electron chi connectivity index (χ4n) is 1.62. The van der Waals surface area contributed by atoms with Gasteiger partial charge in [-0.15, -0.1) is 0 Å². The number of aromatic nitrogens is 3. The second kappa shape index (κ2) is 5.94. The van der Waals surface area contributed by atoms with Gasteiger partial charge >= 0.3 is 6.18 Å². The molecule has 0 aliphatic rings. The first-order valence-electron chi connectivity index (χ1n) is 6.07. The molecule has 2 aromatic rings.